The van der Waals surface area contributed by atoms with Gasteiger partial charge in [-0.15, -0.1) is 0 Å². The molecule has 3 rings (SSSR count). The van der Waals surface area contributed by atoms with Crippen molar-refractivity contribution in [3.63, 3.8) is 0 Å². The topological polar surface area (TPSA) is 38.7 Å². The smallest absolute Gasteiger partial charge is 0.331 e. The molecular weight excluding hydrogens is 262 g/mol. The molecule has 106 valence electrons. The van der Waals surface area contributed by atoms with Crippen LogP contribution in [-0.2, 0) is 16.1 Å². The molecule has 2 aromatic rings. The second kappa shape index (κ2) is 6.35. The molecule has 3 nitrogen and oxygen atoms in total. The van der Waals surface area contributed by atoms with E-state index in [0.717, 1.165) is 29.7 Å². The van der Waals surface area contributed by atoms with Gasteiger partial charge in [-0.3, -0.25) is 4.99 Å². The Morgan fingerprint density at radius 1 is 1.05 bits per heavy atom. The summed E-state index contributed by atoms with van der Waals surface area (Å²) in [4.78, 5) is 16.6. The minimum absolute atomic E-state index is 0.232. The van der Waals surface area contributed by atoms with Gasteiger partial charge < -0.3 is 4.74 Å². The SMILES string of the molecule is O=C(OCc1ccccc1)[C@@H]1CCC(c2ccccc2)=N1. The molecule has 21 heavy (non-hydrogen) atoms. The highest BCUT2D eigenvalue weighted by Crippen LogP contribution is 2.20. The Morgan fingerprint density at radius 3 is 2.43 bits per heavy atom. The van der Waals surface area contributed by atoms with Gasteiger partial charge in [-0.2, -0.15) is 0 Å². The van der Waals surface area contributed by atoms with E-state index in [0.29, 0.717) is 6.61 Å². The third kappa shape index (κ3) is 3.37. The van der Waals surface area contributed by atoms with E-state index in [4.69, 9.17) is 4.74 Å². The van der Waals surface area contributed by atoms with Gasteiger partial charge in [-0.1, -0.05) is 60.7 Å². The maximum absolute atomic E-state index is 12.1. The summed E-state index contributed by atoms with van der Waals surface area (Å²) in [7, 11) is 0. The van der Waals surface area contributed by atoms with E-state index in [9.17, 15) is 4.79 Å². The van der Waals surface area contributed by atoms with Crippen LogP contribution in [0.3, 0.4) is 0 Å². The van der Waals surface area contributed by atoms with E-state index in [1.54, 1.807) is 0 Å². The molecule has 1 aliphatic heterocycles. The van der Waals surface area contributed by atoms with Crippen molar-refractivity contribution in [1.29, 1.82) is 0 Å². The zero-order valence-corrected chi connectivity index (χ0v) is 11.7. The van der Waals surface area contributed by atoms with Crippen LogP contribution in [0.5, 0.6) is 0 Å². The maximum Gasteiger partial charge on any atom is 0.331 e. The van der Waals surface area contributed by atoms with Crippen LogP contribution in [0.1, 0.15) is 24.0 Å². The van der Waals surface area contributed by atoms with Crippen LogP contribution in [0.2, 0.25) is 0 Å². The Morgan fingerprint density at radius 2 is 1.71 bits per heavy atom. The first-order valence-corrected chi connectivity index (χ1v) is 7.15. The van der Waals surface area contributed by atoms with Gasteiger partial charge in [0.05, 0.1) is 0 Å². The van der Waals surface area contributed by atoms with Crippen LogP contribution < -0.4 is 0 Å². The second-order valence-electron chi connectivity index (χ2n) is 5.09. The number of rotatable bonds is 4. The van der Waals surface area contributed by atoms with Crippen LogP contribution in [0.25, 0.3) is 0 Å². The Balaban J connectivity index is 1.60. The molecule has 0 saturated carbocycles. The van der Waals surface area contributed by atoms with Crippen molar-refractivity contribution in [1.82, 2.24) is 0 Å². The first-order chi connectivity index (χ1) is 10.3. The summed E-state index contributed by atoms with van der Waals surface area (Å²) in [5, 5.41) is 0. The van der Waals surface area contributed by atoms with E-state index in [1.165, 1.54) is 0 Å². The van der Waals surface area contributed by atoms with Crippen molar-refractivity contribution in [3.05, 3.63) is 71.8 Å². The third-order valence-electron chi connectivity index (χ3n) is 3.57. The summed E-state index contributed by atoms with van der Waals surface area (Å²) in [6.07, 6.45) is 1.56. The normalized spacial score (nSPS) is 17.3. The molecule has 3 heteroatoms. The fourth-order valence-electron chi connectivity index (χ4n) is 2.44. The predicted octanol–water partition coefficient (Wildman–Crippen LogP) is 3.38. The lowest BCUT2D eigenvalue weighted by molar-refractivity contribution is -0.146. The Kier molecular flexibility index (Phi) is 4.10. The van der Waals surface area contributed by atoms with Crippen molar-refractivity contribution >= 4 is 11.7 Å². The van der Waals surface area contributed by atoms with E-state index >= 15 is 0 Å². The molecule has 0 fully saturated rings. The molecule has 0 bridgehead atoms. The zero-order chi connectivity index (χ0) is 14.5. The lowest BCUT2D eigenvalue weighted by Crippen LogP contribution is -2.18. The Hall–Kier alpha value is -2.42. The first-order valence-electron chi connectivity index (χ1n) is 7.15. The van der Waals surface area contributed by atoms with Crippen molar-refractivity contribution in [2.75, 3.05) is 0 Å². The second-order valence-corrected chi connectivity index (χ2v) is 5.09. The summed E-state index contributed by atoms with van der Waals surface area (Å²) in [5.41, 5.74) is 3.09. The first kappa shape index (κ1) is 13.6. The van der Waals surface area contributed by atoms with Crippen molar-refractivity contribution in [2.45, 2.75) is 25.5 Å². The predicted molar refractivity (Wildman–Crippen MR) is 82.2 cm³/mol. The minimum Gasteiger partial charge on any atom is -0.459 e. The number of benzene rings is 2. The van der Waals surface area contributed by atoms with Gasteiger partial charge in [-0.25, -0.2) is 4.79 Å². The van der Waals surface area contributed by atoms with Crippen molar-refractivity contribution < 1.29 is 9.53 Å². The standard InChI is InChI=1S/C18H17NO2/c20-18(21-13-14-7-3-1-4-8-14)17-12-11-16(19-17)15-9-5-2-6-10-15/h1-10,17H,11-13H2/t17-/m0/s1. The van der Waals surface area contributed by atoms with E-state index < -0.39 is 0 Å². The summed E-state index contributed by atoms with van der Waals surface area (Å²) in [6, 6.07) is 19.3. The van der Waals surface area contributed by atoms with Crippen molar-refractivity contribution in [3.8, 4) is 0 Å². The molecule has 1 aliphatic rings. The number of carbonyl (C=O) groups excluding carboxylic acids is 1. The van der Waals surface area contributed by atoms with Crippen LogP contribution in [-0.4, -0.2) is 17.7 Å². The number of carbonyl (C=O) groups is 1. The Bertz CT molecular complexity index is 635. The summed E-state index contributed by atoms with van der Waals surface area (Å²) < 4.78 is 5.35. The number of hydrogen-bond donors (Lipinski definition) is 0. The molecule has 0 N–H and O–H groups in total. The zero-order valence-electron chi connectivity index (χ0n) is 11.7. The van der Waals surface area contributed by atoms with Gasteiger partial charge in [0, 0.05) is 5.71 Å². The molecule has 1 atom stereocenters. The molecule has 0 radical (unpaired) electrons. The third-order valence-corrected chi connectivity index (χ3v) is 3.57. The highest BCUT2D eigenvalue weighted by atomic mass is 16.5. The van der Waals surface area contributed by atoms with Gasteiger partial charge in [0.15, 0.2) is 0 Å². The molecule has 0 amide bonds. The van der Waals surface area contributed by atoms with Gasteiger partial charge in [-0.05, 0) is 24.0 Å². The lowest BCUT2D eigenvalue weighted by Gasteiger charge is -2.07. The van der Waals surface area contributed by atoms with E-state index in [2.05, 4.69) is 4.99 Å². The largest absolute Gasteiger partial charge is 0.459 e. The summed E-state index contributed by atoms with van der Waals surface area (Å²) >= 11 is 0. The average Bonchev–Trinajstić information content (AvgIpc) is 3.04. The summed E-state index contributed by atoms with van der Waals surface area (Å²) in [6.45, 7) is 0.312. The molecule has 1 heterocycles. The number of ether oxygens (including phenoxy) is 1. The van der Waals surface area contributed by atoms with Crippen LogP contribution in [0.4, 0.5) is 0 Å². The fourth-order valence-corrected chi connectivity index (χ4v) is 2.44. The van der Waals surface area contributed by atoms with E-state index in [1.807, 2.05) is 60.7 Å². The number of hydrogen-bond acceptors (Lipinski definition) is 3. The molecule has 0 spiro atoms. The highest BCUT2D eigenvalue weighted by Gasteiger charge is 2.26. The molecule has 0 aliphatic carbocycles. The molecule has 0 unspecified atom stereocenters. The Labute approximate surface area is 124 Å². The number of esters is 1. The van der Waals surface area contributed by atoms with Crippen molar-refractivity contribution in [2.24, 2.45) is 4.99 Å². The molecule has 2 aromatic carbocycles. The lowest BCUT2D eigenvalue weighted by atomic mass is 10.1. The number of aliphatic imine (C=N–C) groups is 1. The average molecular weight is 279 g/mol. The van der Waals surface area contributed by atoms with Crippen LogP contribution in [0, 0.1) is 0 Å². The highest BCUT2D eigenvalue weighted by molar-refractivity contribution is 6.03. The molecule has 0 saturated heterocycles. The van der Waals surface area contributed by atoms with Gasteiger partial charge in [0.1, 0.15) is 12.6 Å². The molecular formula is C18H17NO2. The van der Waals surface area contributed by atoms with Crippen LogP contribution in [0.15, 0.2) is 65.7 Å². The molecule has 0 aromatic heterocycles. The number of nitrogens with zero attached hydrogens (tertiary/aromatic N) is 1. The maximum atomic E-state index is 12.1. The van der Waals surface area contributed by atoms with E-state index in [-0.39, 0.29) is 12.0 Å². The van der Waals surface area contributed by atoms with Gasteiger partial charge >= 0.3 is 5.97 Å². The minimum atomic E-state index is -0.357. The quantitative estimate of drug-likeness (QED) is 0.805. The fraction of sp³-hybridized carbons (Fsp3) is 0.222. The monoisotopic (exact) mass is 279 g/mol. The van der Waals surface area contributed by atoms with Gasteiger partial charge in [0.2, 0.25) is 0 Å². The summed E-state index contributed by atoms with van der Waals surface area (Å²) in [5.74, 6) is -0.232. The van der Waals surface area contributed by atoms with Crippen LogP contribution >= 0.6 is 0 Å². The van der Waals surface area contributed by atoms with Gasteiger partial charge in [0.25, 0.3) is 0 Å².